The molecule has 2 aromatic carbocycles. The summed E-state index contributed by atoms with van der Waals surface area (Å²) >= 11 is 5.20. The van der Waals surface area contributed by atoms with Crippen molar-refractivity contribution >= 4 is 28.7 Å². The molecule has 2 aromatic rings. The van der Waals surface area contributed by atoms with Crippen LogP contribution in [0.15, 0.2) is 48.5 Å². The number of benzene rings is 2. The first-order chi connectivity index (χ1) is 8.63. The second-order valence-corrected chi connectivity index (χ2v) is 4.40. The minimum Gasteiger partial charge on any atom is -0.508 e. The number of phenols is 1. The van der Waals surface area contributed by atoms with Gasteiger partial charge in [0, 0.05) is 11.4 Å². The summed E-state index contributed by atoms with van der Waals surface area (Å²) in [5, 5.41) is 15.8. The molecule has 0 amide bonds. The monoisotopic (exact) mass is 258 g/mol. The zero-order chi connectivity index (χ0) is 13.0. The quantitative estimate of drug-likeness (QED) is 0.570. The van der Waals surface area contributed by atoms with Gasteiger partial charge in [-0.15, -0.1) is 0 Å². The Bertz CT molecular complexity index is 485. The Morgan fingerprint density at radius 1 is 0.889 bits per heavy atom. The highest BCUT2D eigenvalue weighted by atomic mass is 32.1. The Kier molecular flexibility index (Phi) is 3.79. The third-order valence-electron chi connectivity index (χ3n) is 2.43. The molecule has 0 saturated carbocycles. The highest BCUT2D eigenvalue weighted by molar-refractivity contribution is 7.80. The lowest BCUT2D eigenvalue weighted by Crippen LogP contribution is -2.18. The SMILES string of the molecule is Cc1ccc(NC(=S)Nc2ccc(O)cc2)cc1. The Balaban J connectivity index is 1.96. The topological polar surface area (TPSA) is 44.3 Å². The fraction of sp³-hybridized carbons (Fsp3) is 0.0714. The molecule has 92 valence electrons. The number of phenolic OH excluding ortho intramolecular Hbond substituents is 1. The lowest BCUT2D eigenvalue weighted by atomic mass is 10.2. The molecule has 0 aliphatic rings. The summed E-state index contributed by atoms with van der Waals surface area (Å²) in [4.78, 5) is 0. The molecule has 0 atom stereocenters. The Labute approximate surface area is 111 Å². The largest absolute Gasteiger partial charge is 0.508 e. The minimum absolute atomic E-state index is 0.234. The van der Waals surface area contributed by atoms with E-state index in [4.69, 9.17) is 12.2 Å². The first-order valence-corrected chi connectivity index (χ1v) is 5.98. The Morgan fingerprint density at radius 3 is 1.83 bits per heavy atom. The van der Waals surface area contributed by atoms with Gasteiger partial charge in [0.2, 0.25) is 0 Å². The van der Waals surface area contributed by atoms with Crippen LogP contribution in [0.3, 0.4) is 0 Å². The van der Waals surface area contributed by atoms with E-state index in [1.807, 2.05) is 31.2 Å². The van der Waals surface area contributed by atoms with Crippen LogP contribution in [0.4, 0.5) is 11.4 Å². The second-order valence-electron chi connectivity index (χ2n) is 3.99. The van der Waals surface area contributed by atoms with Gasteiger partial charge in [0.15, 0.2) is 5.11 Å². The number of aromatic hydroxyl groups is 1. The average Bonchev–Trinajstić information content (AvgIpc) is 2.35. The van der Waals surface area contributed by atoms with Crippen LogP contribution in [0.2, 0.25) is 0 Å². The van der Waals surface area contributed by atoms with Crippen LogP contribution in [0.25, 0.3) is 0 Å². The van der Waals surface area contributed by atoms with E-state index in [-0.39, 0.29) is 5.75 Å². The number of hydrogen-bond acceptors (Lipinski definition) is 2. The van der Waals surface area contributed by atoms with Crippen LogP contribution in [0, 0.1) is 6.92 Å². The number of thiocarbonyl (C=S) groups is 1. The number of anilines is 2. The molecule has 0 unspecified atom stereocenters. The molecule has 0 saturated heterocycles. The van der Waals surface area contributed by atoms with Gasteiger partial charge in [-0.1, -0.05) is 17.7 Å². The van der Waals surface area contributed by atoms with E-state index < -0.39 is 0 Å². The van der Waals surface area contributed by atoms with Gasteiger partial charge in [-0.25, -0.2) is 0 Å². The van der Waals surface area contributed by atoms with E-state index in [1.54, 1.807) is 24.3 Å². The first-order valence-electron chi connectivity index (χ1n) is 5.57. The van der Waals surface area contributed by atoms with Crippen LogP contribution >= 0.6 is 12.2 Å². The molecule has 0 radical (unpaired) electrons. The van der Waals surface area contributed by atoms with E-state index in [2.05, 4.69) is 10.6 Å². The highest BCUT2D eigenvalue weighted by Gasteiger charge is 1.98. The molecule has 3 N–H and O–H groups in total. The van der Waals surface area contributed by atoms with Crippen molar-refractivity contribution in [1.82, 2.24) is 0 Å². The zero-order valence-corrected chi connectivity index (χ0v) is 10.8. The van der Waals surface area contributed by atoms with Gasteiger partial charge < -0.3 is 15.7 Å². The first kappa shape index (κ1) is 12.4. The number of rotatable bonds is 2. The normalized spacial score (nSPS) is 9.83. The van der Waals surface area contributed by atoms with Crippen molar-refractivity contribution in [2.75, 3.05) is 10.6 Å². The van der Waals surface area contributed by atoms with Crippen LogP contribution in [0.1, 0.15) is 5.56 Å². The summed E-state index contributed by atoms with van der Waals surface area (Å²) in [7, 11) is 0. The number of hydrogen-bond donors (Lipinski definition) is 3. The molecule has 0 aromatic heterocycles. The van der Waals surface area contributed by atoms with E-state index in [0.717, 1.165) is 11.4 Å². The van der Waals surface area contributed by atoms with E-state index in [0.29, 0.717) is 5.11 Å². The Hall–Kier alpha value is -2.07. The summed E-state index contributed by atoms with van der Waals surface area (Å²) in [6.07, 6.45) is 0. The van der Waals surface area contributed by atoms with Gasteiger partial charge in [-0.05, 0) is 55.5 Å². The summed E-state index contributed by atoms with van der Waals surface area (Å²) < 4.78 is 0. The van der Waals surface area contributed by atoms with Crippen molar-refractivity contribution in [3.05, 3.63) is 54.1 Å². The molecule has 4 heteroatoms. The smallest absolute Gasteiger partial charge is 0.175 e. The molecule has 0 fully saturated rings. The van der Waals surface area contributed by atoms with Crippen LogP contribution in [-0.4, -0.2) is 10.2 Å². The van der Waals surface area contributed by atoms with Gasteiger partial charge in [-0.3, -0.25) is 0 Å². The molecule has 2 rings (SSSR count). The lowest BCUT2D eigenvalue weighted by Gasteiger charge is -2.10. The predicted molar refractivity (Wildman–Crippen MR) is 79.1 cm³/mol. The fourth-order valence-electron chi connectivity index (χ4n) is 1.48. The van der Waals surface area contributed by atoms with Gasteiger partial charge in [0.25, 0.3) is 0 Å². The lowest BCUT2D eigenvalue weighted by molar-refractivity contribution is 0.475. The summed E-state index contributed by atoms with van der Waals surface area (Å²) in [6, 6.07) is 14.7. The Morgan fingerprint density at radius 2 is 1.33 bits per heavy atom. The molecule has 0 aliphatic heterocycles. The molecule has 3 nitrogen and oxygen atoms in total. The van der Waals surface area contributed by atoms with E-state index >= 15 is 0 Å². The van der Waals surface area contributed by atoms with Gasteiger partial charge in [0.1, 0.15) is 5.75 Å². The van der Waals surface area contributed by atoms with Crippen LogP contribution < -0.4 is 10.6 Å². The molecule has 0 aliphatic carbocycles. The predicted octanol–water partition coefficient (Wildman–Crippen LogP) is 3.51. The molecular formula is C14H14N2OS. The fourth-order valence-corrected chi connectivity index (χ4v) is 1.71. The van der Waals surface area contributed by atoms with Crippen molar-refractivity contribution in [1.29, 1.82) is 0 Å². The zero-order valence-electron chi connectivity index (χ0n) is 9.97. The van der Waals surface area contributed by atoms with Crippen molar-refractivity contribution in [3.8, 4) is 5.75 Å². The van der Waals surface area contributed by atoms with E-state index in [1.165, 1.54) is 5.56 Å². The summed E-state index contributed by atoms with van der Waals surface area (Å²) in [5.74, 6) is 0.234. The molecule has 0 heterocycles. The van der Waals surface area contributed by atoms with Crippen molar-refractivity contribution in [2.24, 2.45) is 0 Å². The molecular weight excluding hydrogens is 244 g/mol. The second kappa shape index (κ2) is 5.51. The van der Waals surface area contributed by atoms with Gasteiger partial charge >= 0.3 is 0 Å². The van der Waals surface area contributed by atoms with Gasteiger partial charge in [-0.2, -0.15) is 0 Å². The number of aryl methyl sites for hydroxylation is 1. The minimum atomic E-state index is 0.234. The average molecular weight is 258 g/mol. The summed E-state index contributed by atoms with van der Waals surface area (Å²) in [5.41, 5.74) is 2.98. The number of nitrogens with one attached hydrogen (secondary N) is 2. The maximum Gasteiger partial charge on any atom is 0.175 e. The van der Waals surface area contributed by atoms with Gasteiger partial charge in [0.05, 0.1) is 0 Å². The van der Waals surface area contributed by atoms with E-state index in [9.17, 15) is 5.11 Å². The van der Waals surface area contributed by atoms with Crippen molar-refractivity contribution in [2.45, 2.75) is 6.92 Å². The molecule has 18 heavy (non-hydrogen) atoms. The van der Waals surface area contributed by atoms with Crippen molar-refractivity contribution in [3.63, 3.8) is 0 Å². The molecule has 0 spiro atoms. The molecule has 0 bridgehead atoms. The highest BCUT2D eigenvalue weighted by Crippen LogP contribution is 2.14. The van der Waals surface area contributed by atoms with Crippen LogP contribution in [0.5, 0.6) is 5.75 Å². The third-order valence-corrected chi connectivity index (χ3v) is 2.64. The summed E-state index contributed by atoms with van der Waals surface area (Å²) in [6.45, 7) is 2.04. The van der Waals surface area contributed by atoms with Crippen LogP contribution in [-0.2, 0) is 0 Å². The maximum atomic E-state index is 9.18. The van der Waals surface area contributed by atoms with Crippen molar-refractivity contribution < 1.29 is 5.11 Å². The third kappa shape index (κ3) is 3.46. The maximum absolute atomic E-state index is 9.18. The standard InChI is InChI=1S/C14H14N2OS/c1-10-2-4-11(5-3-10)15-14(18)16-12-6-8-13(17)9-7-12/h2-9,17H,1H3,(H2,15,16,18).